The van der Waals surface area contributed by atoms with Gasteiger partial charge in [0, 0.05) is 12.2 Å². The van der Waals surface area contributed by atoms with Gasteiger partial charge in [0.25, 0.3) is 0 Å². The van der Waals surface area contributed by atoms with E-state index >= 15 is 0 Å². The minimum atomic E-state index is -3.35. The zero-order valence-electron chi connectivity index (χ0n) is 10.3. The van der Waals surface area contributed by atoms with Gasteiger partial charge < -0.3 is 8.85 Å². The first-order valence-corrected chi connectivity index (χ1v) is 6.91. The van der Waals surface area contributed by atoms with Gasteiger partial charge in [-0.2, -0.15) is 0 Å². The molecule has 0 amide bonds. The van der Waals surface area contributed by atoms with Crippen molar-refractivity contribution in [1.82, 2.24) is 0 Å². The largest absolute Gasteiger partial charge is 0.480 e. The molecule has 0 fully saturated rings. The molecule has 0 aromatic heterocycles. The Labute approximate surface area is 92.2 Å². The van der Waals surface area contributed by atoms with Gasteiger partial charge in [0.05, 0.1) is 0 Å². The molecule has 15 heavy (non-hydrogen) atoms. The monoisotopic (exact) mass is 232 g/mol. The second-order valence-electron chi connectivity index (χ2n) is 4.06. The molecular weight excluding hydrogens is 212 g/mol. The van der Waals surface area contributed by atoms with Crippen LogP contribution in [0.3, 0.4) is 0 Å². The van der Waals surface area contributed by atoms with Gasteiger partial charge in [-0.05, 0) is 41.5 Å². The SMILES string of the molecule is CC(=O)[Si](OC(C)C)(OC(C)C)C(C)=O. The molecule has 0 bridgehead atoms. The summed E-state index contributed by atoms with van der Waals surface area (Å²) in [5.41, 5.74) is 0. The fourth-order valence-electron chi connectivity index (χ4n) is 1.27. The van der Waals surface area contributed by atoms with E-state index in [1.165, 1.54) is 13.8 Å². The molecule has 0 aromatic carbocycles. The Morgan fingerprint density at radius 3 is 1.27 bits per heavy atom. The number of hydrogen-bond acceptors (Lipinski definition) is 4. The average molecular weight is 232 g/mol. The van der Waals surface area contributed by atoms with Crippen LogP contribution in [0, 0.1) is 0 Å². The van der Waals surface area contributed by atoms with Crippen molar-refractivity contribution < 1.29 is 18.4 Å². The van der Waals surface area contributed by atoms with E-state index in [1.807, 2.05) is 0 Å². The van der Waals surface area contributed by atoms with Crippen LogP contribution >= 0.6 is 0 Å². The molecule has 0 atom stereocenters. The predicted molar refractivity (Wildman–Crippen MR) is 59.6 cm³/mol. The Hall–Kier alpha value is -0.523. The molecule has 0 saturated heterocycles. The highest BCUT2D eigenvalue weighted by atomic mass is 28.4. The molecule has 0 N–H and O–H groups in total. The molecule has 0 heterocycles. The standard InChI is InChI=1S/C10H20O4Si/c1-7(2)13-15(9(5)11,10(6)12)14-8(3)4/h7-8H,1-6H3. The Morgan fingerprint density at radius 1 is 0.867 bits per heavy atom. The second kappa shape index (κ2) is 5.53. The Balaban J connectivity index is 5.08. The van der Waals surface area contributed by atoms with Crippen LogP contribution in [-0.2, 0) is 18.4 Å². The van der Waals surface area contributed by atoms with Crippen molar-refractivity contribution in [1.29, 1.82) is 0 Å². The third-order valence-corrected chi connectivity index (χ3v) is 5.19. The maximum absolute atomic E-state index is 11.6. The van der Waals surface area contributed by atoms with Crippen LogP contribution in [0.25, 0.3) is 0 Å². The summed E-state index contributed by atoms with van der Waals surface area (Å²) in [5, 5.41) is -0.560. The van der Waals surface area contributed by atoms with Crippen molar-refractivity contribution in [3.8, 4) is 0 Å². The number of hydrogen-bond donors (Lipinski definition) is 0. The highest BCUT2D eigenvalue weighted by Gasteiger charge is 2.51. The third kappa shape index (κ3) is 3.85. The number of carbonyl (C=O) groups is 2. The fraction of sp³-hybridized carbons (Fsp3) is 0.800. The molecule has 0 aliphatic heterocycles. The minimum absolute atomic E-state index is 0.191. The van der Waals surface area contributed by atoms with Gasteiger partial charge in [0.1, 0.15) is 0 Å². The summed E-state index contributed by atoms with van der Waals surface area (Å²) >= 11 is 0. The first kappa shape index (κ1) is 14.5. The van der Waals surface area contributed by atoms with Gasteiger partial charge in [0.15, 0.2) is 10.8 Å². The van der Waals surface area contributed by atoms with Crippen molar-refractivity contribution in [3.63, 3.8) is 0 Å². The van der Waals surface area contributed by atoms with E-state index in [0.29, 0.717) is 0 Å². The molecule has 5 heteroatoms. The molecule has 4 nitrogen and oxygen atoms in total. The van der Waals surface area contributed by atoms with E-state index in [9.17, 15) is 9.59 Å². The summed E-state index contributed by atoms with van der Waals surface area (Å²) < 4.78 is 11.0. The average Bonchev–Trinajstić information content (AvgIpc) is 1.99. The highest BCUT2D eigenvalue weighted by molar-refractivity contribution is 7.17. The summed E-state index contributed by atoms with van der Waals surface area (Å²) in [4.78, 5) is 23.1. The Bertz CT molecular complexity index is 222. The Morgan fingerprint density at radius 2 is 1.13 bits per heavy atom. The first-order valence-electron chi connectivity index (χ1n) is 5.10. The molecule has 0 aliphatic rings. The van der Waals surface area contributed by atoms with Crippen LogP contribution in [0.2, 0.25) is 0 Å². The van der Waals surface area contributed by atoms with Gasteiger partial charge in [-0.25, -0.2) is 0 Å². The minimum Gasteiger partial charge on any atom is -0.382 e. The number of rotatable bonds is 6. The van der Waals surface area contributed by atoms with E-state index in [-0.39, 0.29) is 23.0 Å². The van der Waals surface area contributed by atoms with Crippen molar-refractivity contribution in [2.24, 2.45) is 0 Å². The molecule has 0 aliphatic carbocycles. The lowest BCUT2D eigenvalue weighted by molar-refractivity contribution is -0.121. The van der Waals surface area contributed by atoms with Gasteiger partial charge in [0.2, 0.25) is 0 Å². The van der Waals surface area contributed by atoms with Gasteiger partial charge in [-0.15, -0.1) is 0 Å². The van der Waals surface area contributed by atoms with Crippen molar-refractivity contribution >= 4 is 19.4 Å². The van der Waals surface area contributed by atoms with Crippen LogP contribution in [0.1, 0.15) is 41.5 Å². The van der Waals surface area contributed by atoms with Crippen molar-refractivity contribution in [2.75, 3.05) is 0 Å². The quantitative estimate of drug-likeness (QED) is 0.652. The maximum atomic E-state index is 11.6. The van der Waals surface area contributed by atoms with Crippen LogP contribution < -0.4 is 0 Å². The molecule has 0 spiro atoms. The zero-order chi connectivity index (χ0) is 12.2. The number of carbonyl (C=O) groups excluding carboxylic acids is 2. The first-order chi connectivity index (χ1) is 6.72. The van der Waals surface area contributed by atoms with Gasteiger partial charge >= 0.3 is 8.56 Å². The lowest BCUT2D eigenvalue weighted by atomic mass is 10.5. The van der Waals surface area contributed by atoms with Crippen LogP contribution in [0.15, 0.2) is 0 Å². The lowest BCUT2D eigenvalue weighted by Gasteiger charge is -2.29. The van der Waals surface area contributed by atoms with E-state index < -0.39 is 8.56 Å². The molecule has 0 unspecified atom stereocenters. The second-order valence-corrected chi connectivity index (χ2v) is 7.17. The van der Waals surface area contributed by atoms with Crippen molar-refractivity contribution in [3.05, 3.63) is 0 Å². The Kier molecular flexibility index (Phi) is 5.34. The van der Waals surface area contributed by atoms with Crippen LogP contribution in [0.4, 0.5) is 0 Å². The predicted octanol–water partition coefficient (Wildman–Crippen LogP) is 1.53. The van der Waals surface area contributed by atoms with Gasteiger partial charge in [-0.3, -0.25) is 9.59 Å². The summed E-state index contributed by atoms with van der Waals surface area (Å²) in [6.45, 7) is 9.88. The molecule has 88 valence electrons. The summed E-state index contributed by atoms with van der Waals surface area (Å²) in [5.74, 6) is 0. The van der Waals surface area contributed by atoms with Gasteiger partial charge in [-0.1, -0.05) is 0 Å². The smallest absolute Gasteiger partial charge is 0.382 e. The molecule has 0 aromatic rings. The summed E-state index contributed by atoms with van der Waals surface area (Å²) in [7, 11) is -3.35. The van der Waals surface area contributed by atoms with E-state index in [2.05, 4.69) is 0 Å². The molecule has 0 rings (SSSR count). The van der Waals surface area contributed by atoms with Crippen LogP contribution in [0.5, 0.6) is 0 Å². The van der Waals surface area contributed by atoms with Crippen LogP contribution in [-0.4, -0.2) is 31.6 Å². The fourth-order valence-corrected chi connectivity index (χ4v) is 3.81. The molecular formula is C10H20O4Si. The highest BCUT2D eigenvalue weighted by Crippen LogP contribution is 2.15. The molecule has 0 saturated carbocycles. The third-order valence-electron chi connectivity index (χ3n) is 1.73. The summed E-state index contributed by atoms with van der Waals surface area (Å²) in [6.07, 6.45) is -0.383. The lowest BCUT2D eigenvalue weighted by Crippen LogP contribution is -2.58. The summed E-state index contributed by atoms with van der Waals surface area (Å²) in [6, 6.07) is 0. The van der Waals surface area contributed by atoms with E-state index in [0.717, 1.165) is 0 Å². The van der Waals surface area contributed by atoms with E-state index in [1.54, 1.807) is 27.7 Å². The van der Waals surface area contributed by atoms with Crippen molar-refractivity contribution in [2.45, 2.75) is 53.8 Å². The zero-order valence-corrected chi connectivity index (χ0v) is 11.3. The molecule has 0 radical (unpaired) electrons. The topological polar surface area (TPSA) is 52.6 Å². The van der Waals surface area contributed by atoms with E-state index in [4.69, 9.17) is 8.85 Å². The maximum Gasteiger partial charge on any atom is 0.480 e. The normalized spacial score (nSPS) is 12.3.